The van der Waals surface area contributed by atoms with Gasteiger partial charge >= 0.3 is 5.97 Å². The molecule has 4 heteroatoms. The summed E-state index contributed by atoms with van der Waals surface area (Å²) in [5.41, 5.74) is -1.25. The van der Waals surface area contributed by atoms with Crippen LogP contribution in [0.15, 0.2) is 0 Å². The van der Waals surface area contributed by atoms with Gasteiger partial charge in [-0.2, -0.15) is 0 Å². The molecule has 0 aliphatic heterocycles. The summed E-state index contributed by atoms with van der Waals surface area (Å²) in [4.78, 5) is 10.3. The lowest BCUT2D eigenvalue weighted by Gasteiger charge is -2.04. The second-order valence-electron chi connectivity index (χ2n) is 3.68. The molecule has 0 rings (SSSR count). The van der Waals surface area contributed by atoms with Crippen LogP contribution in [0.5, 0.6) is 0 Å². The number of thioether (sulfide) groups is 1. The van der Waals surface area contributed by atoms with Gasteiger partial charge in [0.1, 0.15) is 0 Å². The number of rotatable bonds is 10. The van der Waals surface area contributed by atoms with Crippen molar-refractivity contribution in [2.45, 2.75) is 57.3 Å². The van der Waals surface area contributed by atoms with E-state index in [0.29, 0.717) is 0 Å². The number of carboxylic acids is 1. The number of hydrogen-bond acceptors (Lipinski definition) is 3. The molecule has 0 saturated carbocycles. The Bertz CT molecular complexity index is 162. The molecule has 0 aliphatic rings. The Hall–Kier alpha value is -0.220. The fourth-order valence-electron chi connectivity index (χ4n) is 1.33. The van der Waals surface area contributed by atoms with Crippen molar-refractivity contribution in [2.24, 2.45) is 0 Å². The highest BCUT2D eigenvalue weighted by Gasteiger charge is 2.11. The molecule has 0 aromatic heterocycles. The van der Waals surface area contributed by atoms with Crippen LogP contribution >= 0.6 is 11.8 Å². The first-order chi connectivity index (χ1) is 7.18. The monoisotopic (exact) mass is 234 g/mol. The van der Waals surface area contributed by atoms with Crippen molar-refractivity contribution in [1.29, 1.82) is 0 Å². The molecule has 0 amide bonds. The van der Waals surface area contributed by atoms with Crippen molar-refractivity contribution in [1.82, 2.24) is 0 Å². The molecule has 15 heavy (non-hydrogen) atoms. The summed E-state index contributed by atoms with van der Waals surface area (Å²) in [6.45, 7) is 2.20. The van der Waals surface area contributed by atoms with Crippen LogP contribution in [0.2, 0.25) is 0 Å². The first kappa shape index (κ1) is 14.8. The number of carboxylic acid groups (broad SMARTS) is 1. The number of aliphatic hydroxyl groups excluding tert-OH is 1. The van der Waals surface area contributed by atoms with Crippen LogP contribution in [-0.2, 0) is 4.79 Å². The zero-order valence-corrected chi connectivity index (χ0v) is 10.3. The van der Waals surface area contributed by atoms with Crippen molar-refractivity contribution in [2.75, 3.05) is 5.75 Å². The van der Waals surface area contributed by atoms with Gasteiger partial charge in [0.15, 0.2) is 5.44 Å². The topological polar surface area (TPSA) is 57.5 Å². The molecule has 0 fully saturated rings. The van der Waals surface area contributed by atoms with Gasteiger partial charge < -0.3 is 10.2 Å². The van der Waals surface area contributed by atoms with Crippen LogP contribution in [0.25, 0.3) is 0 Å². The largest absolute Gasteiger partial charge is 0.479 e. The molecule has 0 heterocycles. The van der Waals surface area contributed by atoms with E-state index >= 15 is 0 Å². The number of aliphatic carboxylic acids is 1. The molecule has 0 aliphatic carbocycles. The number of carbonyl (C=O) groups is 1. The lowest BCUT2D eigenvalue weighted by molar-refractivity contribution is -0.141. The Morgan fingerprint density at radius 1 is 1.13 bits per heavy atom. The third kappa shape index (κ3) is 10.1. The number of hydrogen-bond donors (Lipinski definition) is 2. The quantitative estimate of drug-likeness (QED) is 0.451. The minimum absolute atomic E-state index is 0.737. The van der Waals surface area contributed by atoms with Crippen LogP contribution in [0.3, 0.4) is 0 Å². The first-order valence-corrected chi connectivity index (χ1v) is 6.75. The van der Waals surface area contributed by atoms with E-state index in [0.717, 1.165) is 30.4 Å². The molecule has 0 saturated heterocycles. The fraction of sp³-hybridized carbons (Fsp3) is 0.909. The maximum atomic E-state index is 10.3. The molecule has 0 aromatic rings. The number of unbranched alkanes of at least 4 members (excludes halogenated alkanes) is 6. The van der Waals surface area contributed by atoms with Crippen molar-refractivity contribution >= 4 is 17.7 Å². The molecule has 0 radical (unpaired) electrons. The molecule has 0 spiro atoms. The summed E-state index contributed by atoms with van der Waals surface area (Å²) in [5, 5.41) is 17.4. The van der Waals surface area contributed by atoms with E-state index in [1.807, 2.05) is 0 Å². The minimum Gasteiger partial charge on any atom is -0.479 e. The first-order valence-electron chi connectivity index (χ1n) is 5.71. The third-order valence-electron chi connectivity index (χ3n) is 2.23. The van der Waals surface area contributed by atoms with E-state index in [-0.39, 0.29) is 0 Å². The van der Waals surface area contributed by atoms with E-state index in [1.54, 1.807) is 0 Å². The Kier molecular flexibility index (Phi) is 10.2. The van der Waals surface area contributed by atoms with Gasteiger partial charge in [0.25, 0.3) is 0 Å². The van der Waals surface area contributed by atoms with E-state index in [4.69, 9.17) is 10.2 Å². The standard InChI is InChI=1S/C11H22O3S/c1-2-3-4-5-6-7-8-9-15-11(14)10(12)13/h11,14H,2-9H2,1H3,(H,12,13). The molecule has 2 N–H and O–H groups in total. The van der Waals surface area contributed by atoms with E-state index in [1.165, 1.54) is 32.1 Å². The van der Waals surface area contributed by atoms with Gasteiger partial charge in [-0.25, -0.2) is 4.79 Å². The summed E-state index contributed by atoms with van der Waals surface area (Å²) in [7, 11) is 0. The summed E-state index contributed by atoms with van der Waals surface area (Å²) in [6, 6.07) is 0. The molecular formula is C11H22O3S. The predicted octanol–water partition coefficient (Wildman–Crippen LogP) is 2.87. The summed E-state index contributed by atoms with van der Waals surface area (Å²) >= 11 is 1.11. The van der Waals surface area contributed by atoms with Crippen molar-refractivity contribution < 1.29 is 15.0 Å². The van der Waals surface area contributed by atoms with Gasteiger partial charge in [-0.3, -0.25) is 0 Å². The van der Waals surface area contributed by atoms with Gasteiger partial charge in [0.2, 0.25) is 0 Å². The van der Waals surface area contributed by atoms with Crippen LogP contribution in [0.1, 0.15) is 51.9 Å². The van der Waals surface area contributed by atoms with Gasteiger partial charge in [-0.15, -0.1) is 11.8 Å². The molecule has 1 unspecified atom stereocenters. The average Bonchev–Trinajstić information content (AvgIpc) is 2.21. The average molecular weight is 234 g/mol. The van der Waals surface area contributed by atoms with Crippen LogP contribution in [0, 0.1) is 0 Å². The normalized spacial score (nSPS) is 12.7. The Morgan fingerprint density at radius 3 is 2.20 bits per heavy atom. The van der Waals surface area contributed by atoms with E-state index in [2.05, 4.69) is 6.92 Å². The molecule has 3 nitrogen and oxygen atoms in total. The fourth-order valence-corrected chi connectivity index (χ4v) is 2.06. The molecule has 1 atom stereocenters. The second kappa shape index (κ2) is 10.3. The lowest BCUT2D eigenvalue weighted by atomic mass is 10.1. The van der Waals surface area contributed by atoms with E-state index < -0.39 is 11.4 Å². The van der Waals surface area contributed by atoms with Crippen LogP contribution in [-0.4, -0.2) is 27.4 Å². The molecule has 90 valence electrons. The predicted molar refractivity (Wildman–Crippen MR) is 64.1 cm³/mol. The molecular weight excluding hydrogens is 212 g/mol. The lowest BCUT2D eigenvalue weighted by Crippen LogP contribution is -2.15. The zero-order valence-electron chi connectivity index (χ0n) is 9.45. The van der Waals surface area contributed by atoms with Gasteiger partial charge in [-0.1, -0.05) is 45.4 Å². The van der Waals surface area contributed by atoms with Crippen LogP contribution < -0.4 is 0 Å². The molecule has 0 bridgehead atoms. The maximum Gasteiger partial charge on any atom is 0.343 e. The Labute approximate surface area is 96.3 Å². The summed E-state index contributed by atoms with van der Waals surface area (Å²) in [5.74, 6) is -0.399. The zero-order chi connectivity index (χ0) is 11.5. The maximum absolute atomic E-state index is 10.3. The summed E-state index contributed by atoms with van der Waals surface area (Å²) < 4.78 is 0. The number of aliphatic hydroxyl groups is 1. The second-order valence-corrected chi connectivity index (χ2v) is 4.87. The minimum atomic E-state index is -1.25. The highest BCUT2D eigenvalue weighted by molar-refractivity contribution is 8.00. The van der Waals surface area contributed by atoms with Crippen molar-refractivity contribution in [3.63, 3.8) is 0 Å². The van der Waals surface area contributed by atoms with Crippen LogP contribution in [0.4, 0.5) is 0 Å². The third-order valence-corrected chi connectivity index (χ3v) is 3.28. The van der Waals surface area contributed by atoms with E-state index in [9.17, 15) is 4.79 Å². The van der Waals surface area contributed by atoms with Gasteiger partial charge in [0.05, 0.1) is 0 Å². The van der Waals surface area contributed by atoms with Crippen molar-refractivity contribution in [3.8, 4) is 0 Å². The summed E-state index contributed by atoms with van der Waals surface area (Å²) in [6.07, 6.45) is 8.53. The SMILES string of the molecule is CCCCCCCCCSC(O)C(=O)O. The molecule has 0 aromatic carbocycles. The Balaban J connectivity index is 3.08. The van der Waals surface area contributed by atoms with Gasteiger partial charge in [0, 0.05) is 0 Å². The van der Waals surface area contributed by atoms with Gasteiger partial charge in [-0.05, 0) is 12.2 Å². The Morgan fingerprint density at radius 2 is 1.67 bits per heavy atom. The van der Waals surface area contributed by atoms with Crippen molar-refractivity contribution in [3.05, 3.63) is 0 Å². The smallest absolute Gasteiger partial charge is 0.343 e. The highest BCUT2D eigenvalue weighted by atomic mass is 32.2. The highest BCUT2D eigenvalue weighted by Crippen LogP contribution is 2.13.